The van der Waals surface area contributed by atoms with E-state index in [4.69, 9.17) is 19.3 Å². The van der Waals surface area contributed by atoms with Crippen molar-refractivity contribution < 1.29 is 37.5 Å². The zero-order valence-corrected chi connectivity index (χ0v) is 16.5. The molecule has 0 aliphatic heterocycles. The fourth-order valence-electron chi connectivity index (χ4n) is 4.42. The summed E-state index contributed by atoms with van der Waals surface area (Å²) in [5.74, 6) is -2.36. The van der Waals surface area contributed by atoms with Crippen molar-refractivity contribution in [3.8, 4) is 0 Å². The van der Waals surface area contributed by atoms with Gasteiger partial charge in [-0.25, -0.2) is 42.2 Å². The molecule has 0 aromatic carbocycles. The number of nitrogens with zero attached hydrogens (tertiary/aromatic N) is 4. The fourth-order valence-corrected chi connectivity index (χ4v) is 5.60. The highest BCUT2D eigenvalue weighted by molar-refractivity contribution is 7.19. The fraction of sp³-hybridized carbons (Fsp3) is 0.583. The number of rotatable bonds is 8. The van der Waals surface area contributed by atoms with Gasteiger partial charge >= 0.3 is 32.0 Å². The molecule has 0 saturated heterocycles. The lowest BCUT2D eigenvalue weighted by Crippen LogP contribution is -2.51. The minimum Gasteiger partial charge on any atom is -0.390 e. The first-order valence-electron chi connectivity index (χ1n) is 7.75. The molecule has 4 atom stereocenters. The topological polar surface area (TPSA) is 189 Å². The van der Waals surface area contributed by atoms with Gasteiger partial charge in [-0.2, -0.15) is 0 Å². The van der Waals surface area contributed by atoms with Gasteiger partial charge in [0.2, 0.25) is 0 Å². The summed E-state index contributed by atoms with van der Waals surface area (Å²) in [6.45, 7) is 0. The van der Waals surface area contributed by atoms with Crippen molar-refractivity contribution in [2.75, 3.05) is 5.73 Å². The van der Waals surface area contributed by atoms with Crippen LogP contribution in [0.25, 0.3) is 11.2 Å². The maximum atomic E-state index is 11.2. The van der Waals surface area contributed by atoms with E-state index in [1.54, 1.807) is 0 Å². The Bertz CT molecular complexity index is 949. The third-order valence-electron chi connectivity index (χ3n) is 5.53. The van der Waals surface area contributed by atoms with Crippen molar-refractivity contribution in [2.24, 2.45) is 5.41 Å². The van der Waals surface area contributed by atoms with Crippen molar-refractivity contribution in [2.45, 2.75) is 36.6 Å². The third-order valence-corrected chi connectivity index (χ3v) is 6.48. The Morgan fingerprint density at radius 1 is 1.14 bits per heavy atom. The monoisotopic (exact) mass is 447 g/mol. The van der Waals surface area contributed by atoms with Crippen LogP contribution >= 0.6 is 26.1 Å². The third kappa shape index (κ3) is 2.30. The van der Waals surface area contributed by atoms with E-state index in [0.29, 0.717) is 5.65 Å². The second kappa shape index (κ2) is 6.76. The van der Waals surface area contributed by atoms with E-state index >= 15 is 0 Å². The van der Waals surface area contributed by atoms with Crippen molar-refractivity contribution in [3.05, 3.63) is 12.7 Å². The number of nitrogen functional groups attached to an aromatic ring is 1. The number of aliphatic hydroxyl groups is 2. The number of aromatic nitrogens is 4. The average molecular weight is 447 g/mol. The molecule has 13 nitrogen and oxygen atoms in total. The minimum atomic E-state index is -2.48. The summed E-state index contributed by atoms with van der Waals surface area (Å²) in [6.07, 6.45) is -0.190. The smallest absolute Gasteiger partial charge is 0.332 e. The van der Waals surface area contributed by atoms with Gasteiger partial charge in [0.05, 0.1) is 24.1 Å². The van der Waals surface area contributed by atoms with Gasteiger partial charge in [-0.05, 0) is 6.42 Å². The highest BCUT2D eigenvalue weighted by atomic mass is 31.1. The summed E-state index contributed by atoms with van der Waals surface area (Å²) in [7, 11) is -2.88. The second-order valence-corrected chi connectivity index (χ2v) is 7.49. The Kier molecular flexibility index (Phi) is 4.77. The first kappa shape index (κ1) is 19.8. The van der Waals surface area contributed by atoms with Gasteiger partial charge in [0.15, 0.2) is 11.5 Å². The Hall–Kier alpha value is -1.55. The molecule has 28 heavy (non-hydrogen) atoms. The molecular weight excluding hydrogens is 435 g/mol. The van der Waals surface area contributed by atoms with Crippen LogP contribution in [0.2, 0.25) is 0 Å². The molecule has 2 aromatic rings. The van der Waals surface area contributed by atoms with Gasteiger partial charge in [0.25, 0.3) is 0 Å². The van der Waals surface area contributed by atoms with Gasteiger partial charge < -0.3 is 20.5 Å². The lowest BCUT2D eigenvalue weighted by atomic mass is 9.95. The highest BCUT2D eigenvalue weighted by Gasteiger charge is 2.89. The maximum absolute atomic E-state index is 11.2. The molecule has 0 spiro atoms. The van der Waals surface area contributed by atoms with Gasteiger partial charge in [-0.15, -0.1) is 0 Å². The number of hydrogen-bond acceptors (Lipinski definition) is 12. The molecule has 0 amide bonds. The summed E-state index contributed by atoms with van der Waals surface area (Å²) < 4.78 is 50.3. The molecule has 0 radical (unpaired) electrons. The van der Waals surface area contributed by atoms with E-state index in [0.717, 1.165) is 0 Å². The van der Waals surface area contributed by atoms with E-state index in [-0.39, 0.29) is 24.2 Å². The first-order valence-corrected chi connectivity index (χ1v) is 9.95. The standard InChI is InChI=1S/C12H12N5O8P3/c13-8-6-9(15-3-14-8)17(4-16-6)10-1-5(18)7(19)11(10,2-10)12(23-26-20,24-27-21)25-28-22/h3-5,7,18-19H,1-2H2,(H2,13,14,15). The molecule has 2 aliphatic rings. The van der Waals surface area contributed by atoms with Crippen LogP contribution in [0.3, 0.4) is 0 Å². The molecule has 2 fully saturated rings. The lowest BCUT2D eigenvalue weighted by molar-refractivity contribution is -0.306. The molecule has 2 aliphatic carbocycles. The molecular formula is C12H12N5O8P3. The van der Waals surface area contributed by atoms with Crippen molar-refractivity contribution in [1.82, 2.24) is 19.5 Å². The average Bonchev–Trinajstić information content (AvgIpc) is 3.02. The van der Waals surface area contributed by atoms with Crippen LogP contribution in [-0.2, 0) is 32.8 Å². The maximum Gasteiger partial charge on any atom is 0.332 e. The van der Waals surface area contributed by atoms with Crippen molar-refractivity contribution in [1.29, 1.82) is 0 Å². The molecule has 16 heteroatoms. The molecule has 2 saturated carbocycles. The normalized spacial score (nSPS) is 34.1. The molecule has 4 N–H and O–H groups in total. The van der Waals surface area contributed by atoms with Crippen molar-refractivity contribution >= 4 is 43.0 Å². The molecule has 148 valence electrons. The number of fused-ring (bicyclic) bond motifs is 2. The van der Waals surface area contributed by atoms with E-state index in [1.807, 2.05) is 0 Å². The zero-order valence-electron chi connectivity index (χ0n) is 13.8. The van der Waals surface area contributed by atoms with E-state index in [9.17, 15) is 23.9 Å². The highest BCUT2D eigenvalue weighted by Crippen LogP contribution is 2.78. The molecule has 4 unspecified atom stereocenters. The lowest BCUT2D eigenvalue weighted by Gasteiger charge is -2.35. The second-order valence-electron chi connectivity index (χ2n) is 6.50. The van der Waals surface area contributed by atoms with Crippen LogP contribution in [0, 0.1) is 5.41 Å². The minimum absolute atomic E-state index is 0.0252. The Labute approximate surface area is 161 Å². The number of aliphatic hydroxyl groups excluding tert-OH is 2. The number of anilines is 1. The quantitative estimate of drug-likeness (QED) is 0.384. The summed E-state index contributed by atoms with van der Waals surface area (Å²) in [5, 5.41) is 21.1. The van der Waals surface area contributed by atoms with Crippen molar-refractivity contribution in [3.63, 3.8) is 0 Å². The number of nitrogens with two attached hydrogens (primary N) is 1. The summed E-state index contributed by atoms with van der Waals surface area (Å²) in [5.41, 5.74) is 3.59. The Balaban J connectivity index is 1.94. The van der Waals surface area contributed by atoms with Crippen LogP contribution in [0.15, 0.2) is 12.7 Å². The molecule has 2 heterocycles. The van der Waals surface area contributed by atoms with E-state index in [1.165, 1.54) is 17.2 Å². The zero-order chi connectivity index (χ0) is 20.2. The van der Waals surface area contributed by atoms with Crippen LogP contribution in [0.4, 0.5) is 5.82 Å². The number of hydrogen-bond donors (Lipinski definition) is 3. The summed E-state index contributed by atoms with van der Waals surface area (Å²) in [6, 6.07) is 0. The van der Waals surface area contributed by atoms with E-state index in [2.05, 4.69) is 15.0 Å². The molecule has 0 bridgehead atoms. The molecule has 2 aromatic heterocycles. The summed E-state index contributed by atoms with van der Waals surface area (Å²) in [4.78, 5) is 12.2. The van der Waals surface area contributed by atoms with Gasteiger partial charge in [0.1, 0.15) is 17.3 Å². The largest absolute Gasteiger partial charge is 0.390 e. The summed E-state index contributed by atoms with van der Waals surface area (Å²) >= 11 is 0. The first-order chi connectivity index (χ1) is 13.4. The predicted molar refractivity (Wildman–Crippen MR) is 90.2 cm³/mol. The van der Waals surface area contributed by atoms with Crippen LogP contribution in [-0.4, -0.2) is 47.9 Å². The van der Waals surface area contributed by atoms with E-state index < -0.39 is 55.2 Å². The van der Waals surface area contributed by atoms with Gasteiger partial charge in [0, 0.05) is 6.42 Å². The number of imidazole rings is 1. The van der Waals surface area contributed by atoms with Gasteiger partial charge in [-0.3, -0.25) is 0 Å². The predicted octanol–water partition coefficient (Wildman–Crippen LogP) is 0.943. The Morgan fingerprint density at radius 2 is 1.79 bits per heavy atom. The van der Waals surface area contributed by atoms with Crippen LogP contribution in [0.5, 0.6) is 0 Å². The van der Waals surface area contributed by atoms with Crippen LogP contribution < -0.4 is 5.73 Å². The molecule has 4 rings (SSSR count). The van der Waals surface area contributed by atoms with Gasteiger partial charge in [-0.1, -0.05) is 0 Å². The Morgan fingerprint density at radius 3 is 2.39 bits per heavy atom. The SMILES string of the molecule is Nc1ncnc2c1ncn2C12CC(O)C(O)C1(C(OP=O)(OP=O)OP=O)C2. The van der Waals surface area contributed by atoms with Crippen LogP contribution in [0.1, 0.15) is 12.8 Å².